The number of hydrogen-bond acceptors (Lipinski definition) is 4. The fourth-order valence-electron chi connectivity index (χ4n) is 3.05. The van der Waals surface area contributed by atoms with Gasteiger partial charge in [0.1, 0.15) is 0 Å². The fraction of sp³-hybridized carbons (Fsp3) is 0.120. The van der Waals surface area contributed by atoms with E-state index in [1.54, 1.807) is 30.3 Å². The van der Waals surface area contributed by atoms with Gasteiger partial charge in [-0.25, -0.2) is 4.79 Å². The number of esters is 1. The number of carbonyl (C=O) groups excluding carboxylic acids is 1. The summed E-state index contributed by atoms with van der Waals surface area (Å²) in [5.74, 6) is -1.70. The van der Waals surface area contributed by atoms with E-state index in [4.69, 9.17) is 9.47 Å². The highest BCUT2D eigenvalue weighted by molar-refractivity contribution is 5.92. The number of carbonyl (C=O) groups is 1. The lowest BCUT2D eigenvalue weighted by Gasteiger charge is -2.14. The molecule has 0 N–H and O–H groups in total. The predicted octanol–water partition coefficient (Wildman–Crippen LogP) is 7.02. The monoisotopic (exact) mass is 491 g/mol. The highest BCUT2D eigenvalue weighted by atomic mass is 19.4. The molecular formula is C25H15F6NO3. The van der Waals surface area contributed by atoms with E-state index in [0.29, 0.717) is 16.7 Å². The Balaban J connectivity index is 1.94. The van der Waals surface area contributed by atoms with Crippen molar-refractivity contribution in [2.24, 2.45) is 0 Å². The summed E-state index contributed by atoms with van der Waals surface area (Å²) < 4.78 is 88.7. The number of alkyl halides is 6. The number of nitrogens with zero attached hydrogens (tertiary/aromatic N) is 1. The standard InChI is InChI=1S/C25H15F6NO3/c1-34-22-10-15(9-18(14-32)16-5-3-2-4-6-16)7-8-21(22)35-23(33)17-11-19(24(26,27)28)13-20(12-17)25(29,30)31/h2-13H,1H3/b18-9-. The zero-order valence-corrected chi connectivity index (χ0v) is 17.9. The van der Waals surface area contributed by atoms with E-state index in [0.717, 1.165) is 0 Å². The molecule has 0 aliphatic heterocycles. The third-order valence-electron chi connectivity index (χ3n) is 4.73. The lowest BCUT2D eigenvalue weighted by atomic mass is 10.0. The first-order chi connectivity index (χ1) is 16.4. The van der Waals surface area contributed by atoms with Crippen LogP contribution in [0.4, 0.5) is 26.3 Å². The summed E-state index contributed by atoms with van der Waals surface area (Å²) in [4.78, 5) is 12.5. The van der Waals surface area contributed by atoms with Crippen molar-refractivity contribution in [2.45, 2.75) is 12.4 Å². The Morgan fingerprint density at radius 1 is 0.829 bits per heavy atom. The van der Waals surface area contributed by atoms with Crippen LogP contribution in [0.3, 0.4) is 0 Å². The largest absolute Gasteiger partial charge is 0.493 e. The van der Waals surface area contributed by atoms with E-state index in [9.17, 15) is 36.4 Å². The number of nitriles is 1. The second-order valence-electron chi connectivity index (χ2n) is 7.13. The third-order valence-corrected chi connectivity index (χ3v) is 4.73. The molecule has 3 aromatic carbocycles. The minimum Gasteiger partial charge on any atom is -0.493 e. The van der Waals surface area contributed by atoms with Gasteiger partial charge in [-0.1, -0.05) is 36.4 Å². The SMILES string of the molecule is COc1cc(/C=C(/C#N)c2ccccc2)ccc1OC(=O)c1cc(C(F)(F)F)cc(C(F)(F)F)c1. The molecule has 10 heteroatoms. The Bertz CT molecular complexity index is 1270. The molecule has 0 heterocycles. The lowest BCUT2D eigenvalue weighted by molar-refractivity contribution is -0.143. The number of methoxy groups -OCH3 is 1. The van der Waals surface area contributed by atoms with Crippen LogP contribution in [0.5, 0.6) is 11.5 Å². The molecule has 0 saturated heterocycles. The second-order valence-corrected chi connectivity index (χ2v) is 7.13. The Labute approximate surface area is 195 Å². The molecule has 0 aliphatic rings. The summed E-state index contributed by atoms with van der Waals surface area (Å²) in [6.07, 6.45) is -8.69. The maximum absolute atomic E-state index is 13.1. The highest BCUT2D eigenvalue weighted by Crippen LogP contribution is 2.37. The van der Waals surface area contributed by atoms with Gasteiger partial charge in [0.25, 0.3) is 0 Å². The molecule has 35 heavy (non-hydrogen) atoms. The minimum absolute atomic E-state index is 0.0273. The molecular weight excluding hydrogens is 476 g/mol. The quantitative estimate of drug-likeness (QED) is 0.127. The van der Waals surface area contributed by atoms with Crippen LogP contribution in [-0.4, -0.2) is 13.1 Å². The maximum atomic E-state index is 13.1. The number of ether oxygens (including phenoxy) is 2. The van der Waals surface area contributed by atoms with Crippen LogP contribution in [0.1, 0.15) is 32.6 Å². The Kier molecular flexibility index (Phi) is 7.20. The van der Waals surface area contributed by atoms with Crippen molar-refractivity contribution in [3.05, 3.63) is 94.5 Å². The van der Waals surface area contributed by atoms with Gasteiger partial charge in [0.2, 0.25) is 0 Å². The van der Waals surface area contributed by atoms with Crippen LogP contribution in [0, 0.1) is 11.3 Å². The summed E-state index contributed by atoms with van der Waals surface area (Å²) in [7, 11) is 1.23. The normalized spacial score (nSPS) is 12.1. The van der Waals surface area contributed by atoms with Crippen molar-refractivity contribution in [3.8, 4) is 17.6 Å². The molecule has 4 nitrogen and oxygen atoms in total. The van der Waals surface area contributed by atoms with Crippen LogP contribution in [0.2, 0.25) is 0 Å². The molecule has 3 rings (SSSR count). The molecule has 0 unspecified atom stereocenters. The van der Waals surface area contributed by atoms with Gasteiger partial charge < -0.3 is 9.47 Å². The van der Waals surface area contributed by atoms with Crippen molar-refractivity contribution in [1.82, 2.24) is 0 Å². The van der Waals surface area contributed by atoms with Gasteiger partial charge in [0, 0.05) is 0 Å². The van der Waals surface area contributed by atoms with E-state index in [-0.39, 0.29) is 29.7 Å². The van der Waals surface area contributed by atoms with Gasteiger partial charge in [-0.3, -0.25) is 0 Å². The third kappa shape index (κ3) is 6.20. The molecule has 0 aliphatic carbocycles. The van der Waals surface area contributed by atoms with Crippen LogP contribution >= 0.6 is 0 Å². The minimum atomic E-state index is -5.11. The average molecular weight is 491 g/mol. The first kappa shape index (κ1) is 25.4. The fourth-order valence-corrected chi connectivity index (χ4v) is 3.05. The van der Waals surface area contributed by atoms with Crippen molar-refractivity contribution in [2.75, 3.05) is 7.11 Å². The molecule has 0 radical (unpaired) electrons. The molecule has 0 amide bonds. The van der Waals surface area contributed by atoms with E-state index in [2.05, 4.69) is 6.07 Å². The lowest BCUT2D eigenvalue weighted by Crippen LogP contribution is -2.16. The zero-order chi connectivity index (χ0) is 25.8. The van der Waals surface area contributed by atoms with Crippen LogP contribution in [0.15, 0.2) is 66.7 Å². The van der Waals surface area contributed by atoms with Crippen molar-refractivity contribution in [1.29, 1.82) is 5.26 Å². The number of halogens is 6. The van der Waals surface area contributed by atoms with Gasteiger partial charge >= 0.3 is 18.3 Å². The van der Waals surface area contributed by atoms with Crippen molar-refractivity contribution >= 4 is 17.6 Å². The van der Waals surface area contributed by atoms with Crippen LogP contribution < -0.4 is 9.47 Å². The Morgan fingerprint density at radius 3 is 1.94 bits per heavy atom. The van der Waals surface area contributed by atoms with E-state index < -0.39 is 35.0 Å². The summed E-state index contributed by atoms with van der Waals surface area (Å²) in [5.41, 5.74) is -2.78. The smallest absolute Gasteiger partial charge is 0.416 e. The predicted molar refractivity (Wildman–Crippen MR) is 114 cm³/mol. The Hall–Kier alpha value is -4.26. The topological polar surface area (TPSA) is 59.3 Å². The summed E-state index contributed by atoms with van der Waals surface area (Å²) in [6.45, 7) is 0. The van der Waals surface area contributed by atoms with Gasteiger partial charge in [0.05, 0.1) is 35.4 Å². The first-order valence-electron chi connectivity index (χ1n) is 9.79. The first-order valence-corrected chi connectivity index (χ1v) is 9.79. The van der Waals surface area contributed by atoms with E-state index in [1.807, 2.05) is 0 Å². The molecule has 0 bridgehead atoms. The van der Waals surface area contributed by atoms with Gasteiger partial charge in [-0.05, 0) is 47.5 Å². The number of benzene rings is 3. The van der Waals surface area contributed by atoms with Gasteiger partial charge in [-0.2, -0.15) is 31.6 Å². The van der Waals surface area contributed by atoms with Crippen molar-refractivity contribution in [3.63, 3.8) is 0 Å². The number of hydrogen-bond donors (Lipinski definition) is 0. The van der Waals surface area contributed by atoms with E-state index in [1.165, 1.54) is 31.4 Å². The summed E-state index contributed by atoms with van der Waals surface area (Å²) >= 11 is 0. The highest BCUT2D eigenvalue weighted by Gasteiger charge is 2.37. The molecule has 0 saturated carbocycles. The zero-order valence-electron chi connectivity index (χ0n) is 17.9. The molecule has 0 spiro atoms. The van der Waals surface area contributed by atoms with E-state index >= 15 is 0 Å². The number of rotatable bonds is 5. The molecule has 0 aromatic heterocycles. The second kappa shape index (κ2) is 9.93. The van der Waals surface area contributed by atoms with Crippen LogP contribution in [-0.2, 0) is 12.4 Å². The molecule has 0 fully saturated rings. The molecule has 180 valence electrons. The molecule has 3 aromatic rings. The average Bonchev–Trinajstić information content (AvgIpc) is 2.82. The van der Waals surface area contributed by atoms with Gasteiger partial charge in [0.15, 0.2) is 11.5 Å². The van der Waals surface area contributed by atoms with Gasteiger partial charge in [-0.15, -0.1) is 0 Å². The summed E-state index contributed by atoms with van der Waals surface area (Å²) in [6, 6.07) is 15.4. The summed E-state index contributed by atoms with van der Waals surface area (Å²) in [5, 5.41) is 9.45. The van der Waals surface area contributed by atoms with Crippen molar-refractivity contribution < 1.29 is 40.6 Å². The Morgan fingerprint density at radius 2 is 1.43 bits per heavy atom. The maximum Gasteiger partial charge on any atom is 0.416 e. The molecule has 0 atom stereocenters. The number of allylic oxidation sites excluding steroid dienone is 1. The van der Waals surface area contributed by atoms with Crippen LogP contribution in [0.25, 0.3) is 11.6 Å².